The number of aromatic nitrogens is 2. The first-order chi connectivity index (χ1) is 10.1. The van der Waals surface area contributed by atoms with Crippen molar-refractivity contribution in [1.29, 1.82) is 0 Å². The number of carbonyl (C=O) groups is 1. The zero-order chi connectivity index (χ0) is 15.4. The maximum atomic E-state index is 11.7. The van der Waals surface area contributed by atoms with E-state index in [1.54, 1.807) is 22.7 Å². The molecule has 2 N–H and O–H groups in total. The van der Waals surface area contributed by atoms with Crippen molar-refractivity contribution < 1.29 is 15.0 Å². The van der Waals surface area contributed by atoms with Gasteiger partial charge in [0.15, 0.2) is 11.5 Å². The van der Waals surface area contributed by atoms with Crippen LogP contribution in [0.3, 0.4) is 0 Å². The van der Waals surface area contributed by atoms with E-state index in [1.165, 1.54) is 0 Å². The summed E-state index contributed by atoms with van der Waals surface area (Å²) < 4.78 is 1.57. The van der Waals surface area contributed by atoms with Crippen LogP contribution in [-0.2, 0) is 0 Å². The topological polar surface area (TPSA) is 78.1 Å². The summed E-state index contributed by atoms with van der Waals surface area (Å²) in [5, 5.41) is 18.9. The Bertz CT molecular complexity index is 620. The highest BCUT2D eigenvalue weighted by molar-refractivity contribution is 5.93. The van der Waals surface area contributed by atoms with Crippen molar-refractivity contribution in [1.82, 2.24) is 9.38 Å². The van der Waals surface area contributed by atoms with Gasteiger partial charge in [-0.15, -0.1) is 0 Å². The summed E-state index contributed by atoms with van der Waals surface area (Å²) in [6, 6.07) is 5.53. The van der Waals surface area contributed by atoms with Gasteiger partial charge in [-0.1, -0.05) is 19.9 Å². The van der Waals surface area contributed by atoms with Gasteiger partial charge in [0.1, 0.15) is 5.65 Å². The van der Waals surface area contributed by atoms with Gasteiger partial charge in [-0.05, 0) is 25.0 Å². The number of carboxylic acid groups (broad SMARTS) is 1. The monoisotopic (exact) mass is 291 g/mol. The van der Waals surface area contributed by atoms with Crippen molar-refractivity contribution >= 4 is 17.4 Å². The SMILES string of the molecule is CCC(CC)N(CCO)c1nc2ccccn2c1C(=O)O. The van der Waals surface area contributed by atoms with E-state index in [-0.39, 0.29) is 18.3 Å². The summed E-state index contributed by atoms with van der Waals surface area (Å²) in [5.41, 5.74) is 0.741. The van der Waals surface area contributed by atoms with Crippen molar-refractivity contribution in [2.24, 2.45) is 0 Å². The van der Waals surface area contributed by atoms with Crippen molar-refractivity contribution in [3.8, 4) is 0 Å². The molecule has 0 saturated carbocycles. The van der Waals surface area contributed by atoms with Crippen LogP contribution in [0.1, 0.15) is 37.2 Å². The lowest BCUT2D eigenvalue weighted by Crippen LogP contribution is -2.38. The molecule has 2 aromatic rings. The number of carboxylic acids is 1. The number of rotatable bonds is 7. The van der Waals surface area contributed by atoms with Gasteiger partial charge in [0.2, 0.25) is 0 Å². The maximum absolute atomic E-state index is 11.7. The second kappa shape index (κ2) is 6.58. The summed E-state index contributed by atoms with van der Waals surface area (Å²) in [6.07, 6.45) is 3.42. The molecule has 0 fully saturated rings. The zero-order valence-corrected chi connectivity index (χ0v) is 12.4. The Hall–Kier alpha value is -2.08. The van der Waals surface area contributed by atoms with Gasteiger partial charge in [0.25, 0.3) is 0 Å². The van der Waals surface area contributed by atoms with E-state index in [1.807, 2.05) is 11.0 Å². The Morgan fingerprint density at radius 2 is 2.10 bits per heavy atom. The fourth-order valence-corrected chi connectivity index (χ4v) is 2.68. The quantitative estimate of drug-likeness (QED) is 0.816. The van der Waals surface area contributed by atoms with Crippen molar-refractivity contribution in [3.63, 3.8) is 0 Å². The lowest BCUT2D eigenvalue weighted by Gasteiger charge is -2.30. The Morgan fingerprint density at radius 3 is 2.67 bits per heavy atom. The van der Waals surface area contributed by atoms with Gasteiger partial charge in [0.05, 0.1) is 6.61 Å². The number of hydrogen-bond donors (Lipinski definition) is 2. The van der Waals surface area contributed by atoms with Crippen molar-refractivity contribution in [3.05, 3.63) is 30.1 Å². The Labute approximate surface area is 123 Å². The van der Waals surface area contributed by atoms with Gasteiger partial charge < -0.3 is 15.1 Å². The molecule has 2 heterocycles. The lowest BCUT2D eigenvalue weighted by molar-refractivity contribution is 0.0690. The number of pyridine rings is 1. The highest BCUT2D eigenvalue weighted by atomic mass is 16.4. The third-order valence-corrected chi connectivity index (χ3v) is 3.71. The van der Waals surface area contributed by atoms with Gasteiger partial charge in [0, 0.05) is 18.8 Å². The molecule has 0 aliphatic rings. The molecule has 0 saturated heterocycles. The summed E-state index contributed by atoms with van der Waals surface area (Å²) in [5.74, 6) is -0.589. The van der Waals surface area contributed by atoms with E-state index in [0.717, 1.165) is 12.8 Å². The molecule has 2 aromatic heterocycles. The number of aliphatic hydroxyl groups excluding tert-OH is 1. The second-order valence-electron chi connectivity index (χ2n) is 4.91. The van der Waals surface area contributed by atoms with Crippen LogP contribution in [-0.4, -0.2) is 44.8 Å². The maximum Gasteiger partial charge on any atom is 0.356 e. The van der Waals surface area contributed by atoms with E-state index < -0.39 is 5.97 Å². The molecule has 114 valence electrons. The average molecular weight is 291 g/mol. The first-order valence-corrected chi connectivity index (χ1v) is 7.21. The molecule has 0 unspecified atom stereocenters. The Morgan fingerprint density at radius 1 is 1.38 bits per heavy atom. The van der Waals surface area contributed by atoms with E-state index in [4.69, 9.17) is 0 Å². The number of nitrogens with zero attached hydrogens (tertiary/aromatic N) is 3. The number of fused-ring (bicyclic) bond motifs is 1. The van der Waals surface area contributed by atoms with Gasteiger partial charge in [-0.2, -0.15) is 0 Å². The summed E-state index contributed by atoms with van der Waals surface area (Å²) in [6.45, 7) is 4.43. The van der Waals surface area contributed by atoms with E-state index in [9.17, 15) is 15.0 Å². The third-order valence-electron chi connectivity index (χ3n) is 3.71. The Balaban J connectivity index is 2.61. The fraction of sp³-hybridized carbons (Fsp3) is 0.467. The summed E-state index contributed by atoms with van der Waals surface area (Å²) in [4.78, 5) is 18.0. The fourth-order valence-electron chi connectivity index (χ4n) is 2.68. The summed E-state index contributed by atoms with van der Waals surface area (Å²) in [7, 11) is 0. The number of hydrogen-bond acceptors (Lipinski definition) is 4. The van der Waals surface area contributed by atoms with E-state index >= 15 is 0 Å². The second-order valence-corrected chi connectivity index (χ2v) is 4.91. The van der Waals surface area contributed by atoms with Gasteiger partial charge in [-0.3, -0.25) is 4.40 Å². The van der Waals surface area contributed by atoms with Crippen LogP contribution >= 0.6 is 0 Å². The molecule has 0 atom stereocenters. The molecule has 0 amide bonds. The van der Waals surface area contributed by atoms with Crippen LogP contribution < -0.4 is 4.90 Å². The minimum absolute atomic E-state index is 0.0383. The van der Waals surface area contributed by atoms with Crippen molar-refractivity contribution in [2.75, 3.05) is 18.1 Å². The van der Waals surface area contributed by atoms with Crippen molar-refractivity contribution in [2.45, 2.75) is 32.7 Å². The largest absolute Gasteiger partial charge is 0.476 e. The number of anilines is 1. The van der Waals surface area contributed by atoms with Crippen LogP contribution in [0.4, 0.5) is 5.82 Å². The molecule has 0 aromatic carbocycles. The van der Waals surface area contributed by atoms with E-state index in [0.29, 0.717) is 18.0 Å². The Kier molecular flexibility index (Phi) is 4.80. The van der Waals surface area contributed by atoms with Crippen LogP contribution in [0.5, 0.6) is 0 Å². The molecular formula is C15H21N3O3. The first kappa shape index (κ1) is 15.3. The number of imidazole rings is 1. The highest BCUT2D eigenvalue weighted by Crippen LogP contribution is 2.25. The van der Waals surface area contributed by atoms with Crippen LogP contribution in [0.25, 0.3) is 5.65 Å². The van der Waals surface area contributed by atoms with E-state index in [2.05, 4.69) is 18.8 Å². The molecule has 6 nitrogen and oxygen atoms in total. The minimum Gasteiger partial charge on any atom is -0.476 e. The zero-order valence-electron chi connectivity index (χ0n) is 12.4. The van der Waals surface area contributed by atoms with Crippen LogP contribution in [0.2, 0.25) is 0 Å². The lowest BCUT2D eigenvalue weighted by atomic mass is 10.1. The molecule has 2 rings (SSSR count). The first-order valence-electron chi connectivity index (χ1n) is 7.21. The molecule has 0 aliphatic heterocycles. The van der Waals surface area contributed by atoms with Gasteiger partial charge >= 0.3 is 5.97 Å². The smallest absolute Gasteiger partial charge is 0.356 e. The number of aromatic carboxylic acids is 1. The molecular weight excluding hydrogens is 270 g/mol. The molecule has 0 aliphatic carbocycles. The standard InChI is InChI=1S/C15H21N3O3/c1-3-11(4-2)17(9-10-19)14-13(15(20)21)18-8-6-5-7-12(18)16-14/h5-8,11,19H,3-4,9-10H2,1-2H3,(H,20,21). The minimum atomic E-state index is -1.02. The van der Waals surface area contributed by atoms with Gasteiger partial charge in [-0.25, -0.2) is 9.78 Å². The third kappa shape index (κ3) is 2.85. The van der Waals surface area contributed by atoms with Crippen LogP contribution in [0, 0.1) is 0 Å². The molecule has 0 spiro atoms. The molecule has 0 bridgehead atoms. The number of aliphatic hydroxyl groups is 1. The molecule has 6 heteroatoms. The predicted molar refractivity (Wildman–Crippen MR) is 81.0 cm³/mol. The highest BCUT2D eigenvalue weighted by Gasteiger charge is 2.26. The normalized spacial score (nSPS) is 11.2. The average Bonchev–Trinajstić information content (AvgIpc) is 2.86. The predicted octanol–water partition coefficient (Wildman–Crippen LogP) is 2.02. The molecule has 0 radical (unpaired) electrons. The summed E-state index contributed by atoms with van der Waals surface area (Å²) >= 11 is 0. The van der Waals surface area contributed by atoms with Crippen LogP contribution in [0.15, 0.2) is 24.4 Å². The molecule has 21 heavy (non-hydrogen) atoms.